The molecule has 0 saturated carbocycles. The number of urea groups is 1. The van der Waals surface area contributed by atoms with Crippen molar-refractivity contribution in [3.8, 4) is 0 Å². The molecule has 110 valence electrons. The van der Waals surface area contributed by atoms with Crippen LogP contribution in [0.1, 0.15) is 26.7 Å². The molecular weight excluding hydrogens is 246 g/mol. The standard InChI is InChI=1S/C13H25N3O3/c1-4-11(12(17)18)8-14-13(19)16-7-5-6-15(3)9-10(16)2/h10-11H,4-9H2,1-3H3,(H,14,19)(H,17,18). The minimum Gasteiger partial charge on any atom is -0.481 e. The van der Waals surface area contributed by atoms with Crippen LogP contribution < -0.4 is 5.32 Å². The summed E-state index contributed by atoms with van der Waals surface area (Å²) in [6.07, 6.45) is 1.47. The number of amides is 2. The molecular formula is C13H25N3O3. The summed E-state index contributed by atoms with van der Waals surface area (Å²) in [5, 5.41) is 11.7. The van der Waals surface area contributed by atoms with E-state index in [0.717, 1.165) is 26.1 Å². The Morgan fingerprint density at radius 2 is 2.11 bits per heavy atom. The Morgan fingerprint density at radius 3 is 2.68 bits per heavy atom. The molecule has 0 aromatic rings. The van der Waals surface area contributed by atoms with E-state index >= 15 is 0 Å². The van der Waals surface area contributed by atoms with Crippen LogP contribution in [-0.2, 0) is 4.79 Å². The van der Waals surface area contributed by atoms with E-state index in [2.05, 4.69) is 17.3 Å². The second-order valence-corrected chi connectivity index (χ2v) is 5.29. The number of hydrogen-bond acceptors (Lipinski definition) is 3. The van der Waals surface area contributed by atoms with Gasteiger partial charge in [0, 0.05) is 25.7 Å². The SMILES string of the molecule is CCC(CNC(=O)N1CCCN(C)CC1C)C(=O)O. The first-order valence-corrected chi connectivity index (χ1v) is 6.91. The van der Waals surface area contributed by atoms with Gasteiger partial charge in [0.2, 0.25) is 0 Å². The molecule has 6 nitrogen and oxygen atoms in total. The number of hydrogen-bond donors (Lipinski definition) is 2. The Morgan fingerprint density at radius 1 is 1.42 bits per heavy atom. The van der Waals surface area contributed by atoms with Crippen LogP contribution >= 0.6 is 0 Å². The highest BCUT2D eigenvalue weighted by Crippen LogP contribution is 2.09. The molecule has 2 amide bonds. The second-order valence-electron chi connectivity index (χ2n) is 5.29. The lowest BCUT2D eigenvalue weighted by molar-refractivity contribution is -0.141. The summed E-state index contributed by atoms with van der Waals surface area (Å²) >= 11 is 0. The van der Waals surface area contributed by atoms with Gasteiger partial charge in [0.15, 0.2) is 0 Å². The predicted molar refractivity (Wildman–Crippen MR) is 73.1 cm³/mol. The van der Waals surface area contributed by atoms with E-state index in [1.807, 2.05) is 13.8 Å². The van der Waals surface area contributed by atoms with Crippen LogP contribution in [-0.4, -0.2) is 66.2 Å². The Bertz CT molecular complexity index is 322. The first kappa shape index (κ1) is 15.8. The predicted octanol–water partition coefficient (Wildman–Crippen LogP) is 0.833. The molecule has 19 heavy (non-hydrogen) atoms. The minimum absolute atomic E-state index is 0.150. The van der Waals surface area contributed by atoms with Crippen molar-refractivity contribution in [1.29, 1.82) is 0 Å². The van der Waals surface area contributed by atoms with E-state index in [-0.39, 0.29) is 18.6 Å². The summed E-state index contributed by atoms with van der Waals surface area (Å²) in [7, 11) is 2.05. The van der Waals surface area contributed by atoms with Crippen LogP contribution in [0.5, 0.6) is 0 Å². The molecule has 0 aromatic heterocycles. The first-order valence-electron chi connectivity index (χ1n) is 6.91. The maximum Gasteiger partial charge on any atom is 0.317 e. The van der Waals surface area contributed by atoms with Crippen molar-refractivity contribution in [2.45, 2.75) is 32.7 Å². The summed E-state index contributed by atoms with van der Waals surface area (Å²) in [6.45, 7) is 6.60. The van der Waals surface area contributed by atoms with Crippen molar-refractivity contribution < 1.29 is 14.7 Å². The van der Waals surface area contributed by atoms with Gasteiger partial charge in [-0.2, -0.15) is 0 Å². The monoisotopic (exact) mass is 271 g/mol. The third-order valence-electron chi connectivity index (χ3n) is 3.65. The topological polar surface area (TPSA) is 72.9 Å². The molecule has 2 N–H and O–H groups in total. The number of carboxylic acid groups (broad SMARTS) is 1. The van der Waals surface area contributed by atoms with Gasteiger partial charge >= 0.3 is 12.0 Å². The fraction of sp³-hybridized carbons (Fsp3) is 0.846. The zero-order valence-electron chi connectivity index (χ0n) is 12.1. The van der Waals surface area contributed by atoms with Gasteiger partial charge < -0.3 is 20.2 Å². The average Bonchev–Trinajstić information content (AvgIpc) is 2.50. The summed E-state index contributed by atoms with van der Waals surface area (Å²) in [5.74, 6) is -1.36. The van der Waals surface area contributed by atoms with Crippen LogP contribution in [0.3, 0.4) is 0 Å². The van der Waals surface area contributed by atoms with Gasteiger partial charge in [0.1, 0.15) is 0 Å². The molecule has 0 aromatic carbocycles. The molecule has 1 heterocycles. The van der Waals surface area contributed by atoms with Gasteiger partial charge in [-0.15, -0.1) is 0 Å². The van der Waals surface area contributed by atoms with Crippen LogP contribution in [0.15, 0.2) is 0 Å². The first-order chi connectivity index (χ1) is 8.95. The van der Waals surface area contributed by atoms with Crippen LogP contribution in [0.2, 0.25) is 0 Å². The van der Waals surface area contributed by atoms with Crippen molar-refractivity contribution in [3.05, 3.63) is 0 Å². The molecule has 2 unspecified atom stereocenters. The van der Waals surface area contributed by atoms with Crippen molar-refractivity contribution in [1.82, 2.24) is 15.1 Å². The summed E-state index contributed by atoms with van der Waals surface area (Å²) < 4.78 is 0. The lowest BCUT2D eigenvalue weighted by atomic mass is 10.1. The van der Waals surface area contributed by atoms with Crippen LogP contribution in [0.25, 0.3) is 0 Å². The molecule has 1 rings (SSSR count). The molecule has 0 radical (unpaired) electrons. The minimum atomic E-state index is -0.855. The van der Waals surface area contributed by atoms with Crippen molar-refractivity contribution in [2.75, 3.05) is 33.2 Å². The Balaban J connectivity index is 2.50. The molecule has 1 saturated heterocycles. The lowest BCUT2D eigenvalue weighted by Crippen LogP contribution is -2.48. The summed E-state index contributed by atoms with van der Waals surface area (Å²) in [6, 6.07) is -0.0000883. The van der Waals surface area contributed by atoms with Gasteiger partial charge in [-0.25, -0.2) is 4.79 Å². The second kappa shape index (κ2) is 7.33. The highest BCUT2D eigenvalue weighted by Gasteiger charge is 2.25. The fourth-order valence-corrected chi connectivity index (χ4v) is 2.39. The maximum absolute atomic E-state index is 12.1. The molecule has 2 atom stereocenters. The fourth-order valence-electron chi connectivity index (χ4n) is 2.39. The number of carbonyl (C=O) groups is 2. The molecule has 1 fully saturated rings. The number of carboxylic acids is 1. The highest BCUT2D eigenvalue weighted by atomic mass is 16.4. The van der Waals surface area contributed by atoms with Crippen molar-refractivity contribution in [3.63, 3.8) is 0 Å². The molecule has 1 aliphatic rings. The third kappa shape index (κ3) is 4.70. The van der Waals surface area contributed by atoms with E-state index in [1.54, 1.807) is 4.90 Å². The van der Waals surface area contributed by atoms with Crippen molar-refractivity contribution >= 4 is 12.0 Å². The van der Waals surface area contributed by atoms with E-state index in [0.29, 0.717) is 6.42 Å². The number of rotatable bonds is 4. The number of likely N-dealkylation sites (N-methyl/N-ethyl adjacent to an activating group) is 1. The van der Waals surface area contributed by atoms with Gasteiger partial charge in [-0.3, -0.25) is 4.79 Å². The normalized spacial score (nSPS) is 22.7. The number of aliphatic carboxylic acids is 1. The highest BCUT2D eigenvalue weighted by molar-refractivity contribution is 5.76. The maximum atomic E-state index is 12.1. The van der Waals surface area contributed by atoms with E-state index in [9.17, 15) is 9.59 Å². The van der Waals surface area contributed by atoms with Gasteiger partial charge in [0.05, 0.1) is 5.92 Å². The molecule has 0 spiro atoms. The van der Waals surface area contributed by atoms with E-state index < -0.39 is 11.9 Å². The number of carbonyl (C=O) groups excluding carboxylic acids is 1. The molecule has 0 aliphatic carbocycles. The Kier molecular flexibility index (Phi) is 6.08. The van der Waals surface area contributed by atoms with Crippen molar-refractivity contribution in [2.24, 2.45) is 5.92 Å². The Hall–Kier alpha value is -1.30. The molecule has 0 bridgehead atoms. The smallest absolute Gasteiger partial charge is 0.317 e. The summed E-state index contributed by atoms with van der Waals surface area (Å²) in [4.78, 5) is 27.0. The lowest BCUT2D eigenvalue weighted by Gasteiger charge is -2.28. The van der Waals surface area contributed by atoms with Gasteiger partial charge in [0.25, 0.3) is 0 Å². The zero-order chi connectivity index (χ0) is 14.4. The summed E-state index contributed by atoms with van der Waals surface area (Å²) in [5.41, 5.74) is 0. The van der Waals surface area contributed by atoms with Gasteiger partial charge in [-0.05, 0) is 33.4 Å². The largest absolute Gasteiger partial charge is 0.481 e. The quantitative estimate of drug-likeness (QED) is 0.794. The number of nitrogens with zero attached hydrogens (tertiary/aromatic N) is 2. The third-order valence-corrected chi connectivity index (χ3v) is 3.65. The van der Waals surface area contributed by atoms with Crippen LogP contribution in [0, 0.1) is 5.92 Å². The zero-order valence-corrected chi connectivity index (χ0v) is 12.1. The Labute approximate surface area is 114 Å². The number of nitrogens with one attached hydrogen (secondary N) is 1. The van der Waals surface area contributed by atoms with Gasteiger partial charge in [-0.1, -0.05) is 6.92 Å². The molecule has 1 aliphatic heterocycles. The van der Waals surface area contributed by atoms with E-state index in [4.69, 9.17) is 5.11 Å². The average molecular weight is 271 g/mol. The van der Waals surface area contributed by atoms with E-state index in [1.165, 1.54) is 0 Å². The molecule has 6 heteroatoms. The van der Waals surface area contributed by atoms with Crippen LogP contribution in [0.4, 0.5) is 4.79 Å².